The number of carbonyl (C=O) groups excluding carboxylic acids is 1. The number of fused-ring (bicyclic) bond motifs is 1. The van der Waals surface area contributed by atoms with Gasteiger partial charge in [-0.25, -0.2) is 4.98 Å². The zero-order chi connectivity index (χ0) is 19.5. The molecule has 0 bridgehead atoms. The van der Waals surface area contributed by atoms with Gasteiger partial charge in [-0.3, -0.25) is 9.89 Å². The number of amides is 1. The molecule has 7 nitrogen and oxygen atoms in total. The Hall–Kier alpha value is -2.67. The third kappa shape index (κ3) is 3.80. The van der Waals surface area contributed by atoms with Gasteiger partial charge in [-0.1, -0.05) is 18.2 Å². The van der Waals surface area contributed by atoms with Crippen molar-refractivity contribution in [3.8, 4) is 0 Å². The molecule has 3 aromatic rings. The van der Waals surface area contributed by atoms with Crippen molar-refractivity contribution in [1.29, 1.82) is 0 Å². The molecule has 1 atom stereocenters. The molecule has 0 radical (unpaired) electrons. The van der Waals surface area contributed by atoms with E-state index in [9.17, 15) is 4.79 Å². The summed E-state index contributed by atoms with van der Waals surface area (Å²) in [5, 5.41) is 8.15. The Balaban J connectivity index is 1.48. The largest absolute Gasteiger partial charge is 0.337 e. The number of aryl methyl sites for hydroxylation is 1. The van der Waals surface area contributed by atoms with Crippen LogP contribution in [0.3, 0.4) is 0 Å². The fraction of sp³-hybridized carbons (Fsp3) is 0.476. The smallest absolute Gasteiger partial charge is 0.275 e. The number of H-pyrrole nitrogens is 1. The van der Waals surface area contributed by atoms with Gasteiger partial charge in [0.25, 0.3) is 5.91 Å². The predicted molar refractivity (Wildman–Crippen MR) is 109 cm³/mol. The fourth-order valence-corrected chi connectivity index (χ4v) is 4.08. The van der Waals surface area contributed by atoms with Crippen molar-refractivity contribution in [2.24, 2.45) is 0 Å². The molecular weight excluding hydrogens is 352 g/mol. The number of imidazole rings is 1. The summed E-state index contributed by atoms with van der Waals surface area (Å²) in [5.41, 5.74) is 1.42. The van der Waals surface area contributed by atoms with Gasteiger partial charge >= 0.3 is 0 Å². The lowest BCUT2D eigenvalue weighted by molar-refractivity contribution is 0.0699. The van der Waals surface area contributed by atoms with Gasteiger partial charge in [-0.05, 0) is 46.0 Å². The van der Waals surface area contributed by atoms with E-state index < -0.39 is 0 Å². The Morgan fingerprint density at radius 3 is 3.04 bits per heavy atom. The summed E-state index contributed by atoms with van der Waals surface area (Å²) in [4.78, 5) is 21.9. The number of piperidine rings is 1. The van der Waals surface area contributed by atoms with E-state index in [0.717, 1.165) is 55.6 Å². The topological polar surface area (TPSA) is 70.1 Å². The normalized spacial score (nSPS) is 17.5. The fourth-order valence-electron chi connectivity index (χ4n) is 4.08. The van der Waals surface area contributed by atoms with E-state index in [4.69, 9.17) is 0 Å². The summed E-state index contributed by atoms with van der Waals surface area (Å²) in [5.74, 6) is 1.38. The second kappa shape index (κ2) is 8.14. The number of benzene rings is 1. The third-order valence-corrected chi connectivity index (χ3v) is 5.50. The molecule has 1 N–H and O–H groups in total. The first-order valence-corrected chi connectivity index (χ1v) is 10.0. The Kier molecular flexibility index (Phi) is 5.43. The van der Waals surface area contributed by atoms with E-state index in [1.807, 2.05) is 35.4 Å². The van der Waals surface area contributed by atoms with Crippen LogP contribution in [0.5, 0.6) is 0 Å². The van der Waals surface area contributed by atoms with Gasteiger partial charge in [0.15, 0.2) is 5.69 Å². The standard InChI is InChI=1S/C21H28N6O/c1-25(2)11-6-13-26-14-10-22-20(26)16-7-5-12-27(15-16)21(28)19-17-8-3-4-9-18(17)23-24-19/h3-4,8-10,14,16H,5-7,11-13,15H2,1-2H3,(H,23,24). The first-order chi connectivity index (χ1) is 13.6. The van der Waals surface area contributed by atoms with Crippen LogP contribution in [0.15, 0.2) is 36.7 Å². The molecule has 148 valence electrons. The van der Waals surface area contributed by atoms with Crippen molar-refractivity contribution in [3.63, 3.8) is 0 Å². The molecule has 1 aliphatic heterocycles. The van der Waals surface area contributed by atoms with Gasteiger partial charge in [0, 0.05) is 43.3 Å². The first-order valence-electron chi connectivity index (χ1n) is 10.0. The molecule has 0 spiro atoms. The summed E-state index contributed by atoms with van der Waals surface area (Å²) in [6.07, 6.45) is 7.09. The van der Waals surface area contributed by atoms with Crippen LogP contribution in [-0.2, 0) is 6.54 Å². The van der Waals surface area contributed by atoms with Crippen LogP contribution < -0.4 is 0 Å². The third-order valence-electron chi connectivity index (χ3n) is 5.50. The van der Waals surface area contributed by atoms with Crippen LogP contribution in [0.4, 0.5) is 0 Å². The number of hydrogen-bond donors (Lipinski definition) is 1. The number of hydrogen-bond acceptors (Lipinski definition) is 4. The second-order valence-corrected chi connectivity index (χ2v) is 7.84. The van der Waals surface area contributed by atoms with Crippen molar-refractivity contribution < 1.29 is 4.79 Å². The zero-order valence-electron chi connectivity index (χ0n) is 16.6. The first kappa shape index (κ1) is 18.7. The minimum Gasteiger partial charge on any atom is -0.337 e. The average molecular weight is 380 g/mol. The van der Waals surface area contributed by atoms with Crippen LogP contribution in [0.1, 0.15) is 41.5 Å². The maximum Gasteiger partial charge on any atom is 0.275 e. The van der Waals surface area contributed by atoms with E-state index in [0.29, 0.717) is 12.2 Å². The highest BCUT2D eigenvalue weighted by Crippen LogP contribution is 2.28. The maximum atomic E-state index is 13.1. The van der Waals surface area contributed by atoms with Crippen molar-refractivity contribution in [2.75, 3.05) is 33.7 Å². The van der Waals surface area contributed by atoms with Crippen molar-refractivity contribution in [2.45, 2.75) is 31.7 Å². The SMILES string of the molecule is CN(C)CCCn1ccnc1C1CCCN(C(=O)c2n[nH]c3ccccc23)C1. The van der Waals surface area contributed by atoms with E-state index >= 15 is 0 Å². The number of aromatic nitrogens is 4. The summed E-state index contributed by atoms with van der Waals surface area (Å²) in [6.45, 7) is 3.49. The highest BCUT2D eigenvalue weighted by Gasteiger charge is 2.29. The van der Waals surface area contributed by atoms with E-state index in [-0.39, 0.29) is 11.8 Å². The molecule has 2 aromatic heterocycles. The number of nitrogens with one attached hydrogen (secondary N) is 1. The number of para-hydroxylation sites is 1. The molecule has 0 aliphatic carbocycles. The zero-order valence-corrected chi connectivity index (χ0v) is 16.6. The van der Waals surface area contributed by atoms with Crippen molar-refractivity contribution in [1.82, 2.24) is 29.5 Å². The van der Waals surface area contributed by atoms with Crippen LogP contribution in [0.25, 0.3) is 10.9 Å². The quantitative estimate of drug-likeness (QED) is 0.714. The molecule has 7 heteroatoms. The lowest BCUT2D eigenvalue weighted by atomic mass is 9.96. The molecule has 0 saturated carbocycles. The van der Waals surface area contributed by atoms with Crippen molar-refractivity contribution >= 4 is 16.8 Å². The number of aromatic amines is 1. The maximum absolute atomic E-state index is 13.1. The minimum absolute atomic E-state index is 0.00728. The van der Waals surface area contributed by atoms with Crippen LogP contribution >= 0.6 is 0 Å². The van der Waals surface area contributed by atoms with Gasteiger partial charge < -0.3 is 14.4 Å². The minimum atomic E-state index is 0.00728. The molecule has 1 saturated heterocycles. The van der Waals surface area contributed by atoms with Crippen LogP contribution in [0.2, 0.25) is 0 Å². The molecular formula is C21H28N6O. The summed E-state index contributed by atoms with van der Waals surface area (Å²) < 4.78 is 2.26. The number of carbonyl (C=O) groups is 1. The lowest BCUT2D eigenvalue weighted by Gasteiger charge is -2.32. The molecule has 28 heavy (non-hydrogen) atoms. The molecule has 1 fully saturated rings. The molecule has 1 aliphatic rings. The summed E-state index contributed by atoms with van der Waals surface area (Å²) >= 11 is 0. The Morgan fingerprint density at radius 2 is 2.18 bits per heavy atom. The number of likely N-dealkylation sites (tertiary alicyclic amines) is 1. The Bertz CT molecular complexity index is 943. The summed E-state index contributed by atoms with van der Waals surface area (Å²) in [6, 6.07) is 7.79. The molecule has 4 rings (SSSR count). The monoisotopic (exact) mass is 380 g/mol. The van der Waals surface area contributed by atoms with Gasteiger partial charge in [0.05, 0.1) is 5.52 Å². The van der Waals surface area contributed by atoms with Gasteiger partial charge in [0.1, 0.15) is 5.82 Å². The second-order valence-electron chi connectivity index (χ2n) is 7.84. The van der Waals surface area contributed by atoms with Crippen molar-refractivity contribution in [3.05, 3.63) is 48.2 Å². The molecule has 1 amide bonds. The highest BCUT2D eigenvalue weighted by atomic mass is 16.2. The van der Waals surface area contributed by atoms with Crippen LogP contribution in [-0.4, -0.2) is 69.2 Å². The predicted octanol–water partition coefficient (Wildman–Crippen LogP) is 2.73. The van der Waals surface area contributed by atoms with E-state index in [1.165, 1.54) is 0 Å². The highest BCUT2D eigenvalue weighted by molar-refractivity contribution is 6.04. The van der Waals surface area contributed by atoms with Gasteiger partial charge in [0.2, 0.25) is 0 Å². The Morgan fingerprint density at radius 1 is 1.32 bits per heavy atom. The average Bonchev–Trinajstić information content (AvgIpc) is 3.34. The molecule has 3 heterocycles. The Labute approximate surface area is 165 Å². The van der Waals surface area contributed by atoms with Gasteiger partial charge in [-0.15, -0.1) is 0 Å². The number of rotatable bonds is 6. The van der Waals surface area contributed by atoms with Crippen LogP contribution in [0, 0.1) is 0 Å². The van der Waals surface area contributed by atoms with Gasteiger partial charge in [-0.2, -0.15) is 5.10 Å². The summed E-state index contributed by atoms with van der Waals surface area (Å²) in [7, 11) is 4.19. The molecule has 1 unspecified atom stereocenters. The molecule has 1 aromatic carbocycles. The lowest BCUT2D eigenvalue weighted by Crippen LogP contribution is -2.40. The van der Waals surface area contributed by atoms with E-state index in [1.54, 1.807) is 0 Å². The number of nitrogens with zero attached hydrogens (tertiary/aromatic N) is 5. The van der Waals surface area contributed by atoms with E-state index in [2.05, 4.69) is 44.9 Å².